The molecule has 0 bridgehead atoms. The number of rotatable bonds is 6. The Labute approximate surface area is 157 Å². The van der Waals surface area contributed by atoms with Gasteiger partial charge in [0, 0.05) is 11.3 Å². The lowest BCUT2D eigenvalue weighted by molar-refractivity contribution is -0.184. The van der Waals surface area contributed by atoms with E-state index in [1.807, 2.05) is 18.2 Å². The molecular formula is C17H17F3N2O4S. The van der Waals surface area contributed by atoms with Crippen LogP contribution < -0.4 is 14.8 Å². The molecule has 27 heavy (non-hydrogen) atoms. The highest BCUT2D eigenvalue weighted by atomic mass is 32.1. The highest BCUT2D eigenvalue weighted by molar-refractivity contribution is 7.15. The number of benzene rings is 1. The van der Waals surface area contributed by atoms with Crippen LogP contribution in [0.15, 0.2) is 18.2 Å². The number of aromatic nitrogens is 1. The van der Waals surface area contributed by atoms with E-state index in [0.29, 0.717) is 23.1 Å². The first-order chi connectivity index (χ1) is 12.7. The SMILES string of the molecule is Cc1nc(NC(=O)C(C)OCC(F)(F)F)sc1Cc1ccc2c(c1)OCO2. The molecule has 3 rings (SSSR count). The molecule has 1 amide bonds. The number of fused-ring (bicyclic) bond motifs is 1. The fourth-order valence-corrected chi connectivity index (χ4v) is 3.38. The van der Waals surface area contributed by atoms with E-state index in [1.54, 1.807) is 6.92 Å². The minimum Gasteiger partial charge on any atom is -0.454 e. The zero-order valence-corrected chi connectivity index (χ0v) is 15.4. The molecule has 0 spiro atoms. The third-order valence-electron chi connectivity index (χ3n) is 3.79. The van der Waals surface area contributed by atoms with Gasteiger partial charge in [0.1, 0.15) is 12.7 Å². The minimum atomic E-state index is -4.48. The Balaban J connectivity index is 1.61. The van der Waals surface area contributed by atoms with Crippen LogP contribution in [-0.2, 0) is 16.0 Å². The normalized spacial score (nSPS) is 14.3. The van der Waals surface area contributed by atoms with E-state index in [0.717, 1.165) is 16.1 Å². The summed E-state index contributed by atoms with van der Waals surface area (Å²) in [5, 5.41) is 2.81. The van der Waals surface area contributed by atoms with Gasteiger partial charge in [-0.1, -0.05) is 6.07 Å². The van der Waals surface area contributed by atoms with Crippen LogP contribution in [0.5, 0.6) is 11.5 Å². The van der Waals surface area contributed by atoms with E-state index in [9.17, 15) is 18.0 Å². The number of amides is 1. The van der Waals surface area contributed by atoms with E-state index >= 15 is 0 Å². The van der Waals surface area contributed by atoms with Gasteiger partial charge in [0.15, 0.2) is 16.6 Å². The maximum absolute atomic E-state index is 12.2. The van der Waals surface area contributed by atoms with E-state index in [2.05, 4.69) is 15.0 Å². The van der Waals surface area contributed by atoms with Crippen molar-refractivity contribution in [2.24, 2.45) is 0 Å². The van der Waals surface area contributed by atoms with E-state index in [4.69, 9.17) is 9.47 Å². The molecule has 0 fully saturated rings. The maximum atomic E-state index is 12.2. The van der Waals surface area contributed by atoms with E-state index < -0.39 is 24.8 Å². The number of thiazole rings is 1. The van der Waals surface area contributed by atoms with Crippen LogP contribution in [0.4, 0.5) is 18.3 Å². The summed E-state index contributed by atoms with van der Waals surface area (Å²) in [6.07, 6.45) is -5.15. The molecule has 6 nitrogen and oxygen atoms in total. The number of nitrogens with zero attached hydrogens (tertiary/aromatic N) is 1. The van der Waals surface area contributed by atoms with Crippen LogP contribution in [0.2, 0.25) is 0 Å². The summed E-state index contributed by atoms with van der Waals surface area (Å²) in [5.74, 6) is 0.696. The van der Waals surface area contributed by atoms with Crippen molar-refractivity contribution in [2.75, 3.05) is 18.7 Å². The number of nitrogens with one attached hydrogen (secondary N) is 1. The van der Waals surface area contributed by atoms with Crippen molar-refractivity contribution in [3.05, 3.63) is 34.3 Å². The number of anilines is 1. The summed E-state index contributed by atoms with van der Waals surface area (Å²) < 4.78 is 51.7. The fraction of sp³-hybridized carbons (Fsp3) is 0.412. The maximum Gasteiger partial charge on any atom is 0.411 e. The summed E-state index contributed by atoms with van der Waals surface area (Å²) in [5.41, 5.74) is 1.72. The summed E-state index contributed by atoms with van der Waals surface area (Å²) >= 11 is 1.26. The van der Waals surface area contributed by atoms with Crippen molar-refractivity contribution in [3.8, 4) is 11.5 Å². The zero-order chi connectivity index (χ0) is 19.6. The van der Waals surface area contributed by atoms with Gasteiger partial charge in [0.05, 0.1) is 5.69 Å². The number of hydrogen-bond acceptors (Lipinski definition) is 6. The van der Waals surface area contributed by atoms with Crippen LogP contribution in [-0.4, -0.2) is 36.6 Å². The predicted molar refractivity (Wildman–Crippen MR) is 92.3 cm³/mol. The molecule has 0 aliphatic carbocycles. The topological polar surface area (TPSA) is 69.7 Å². The third-order valence-corrected chi connectivity index (χ3v) is 4.86. The summed E-state index contributed by atoms with van der Waals surface area (Å²) in [7, 11) is 0. The molecule has 2 heterocycles. The second kappa shape index (κ2) is 7.73. The monoisotopic (exact) mass is 402 g/mol. The Bertz CT molecular complexity index is 838. The highest BCUT2D eigenvalue weighted by Gasteiger charge is 2.30. The molecule has 146 valence electrons. The van der Waals surface area contributed by atoms with Gasteiger partial charge in [-0.3, -0.25) is 10.1 Å². The Morgan fingerprint density at radius 2 is 2.11 bits per heavy atom. The lowest BCUT2D eigenvalue weighted by Crippen LogP contribution is -2.31. The number of ether oxygens (including phenoxy) is 3. The molecule has 1 aliphatic heterocycles. The predicted octanol–water partition coefficient (Wildman–Crippen LogP) is 3.68. The molecule has 0 saturated heterocycles. The molecule has 1 N–H and O–H groups in total. The Morgan fingerprint density at radius 1 is 1.37 bits per heavy atom. The fourth-order valence-electron chi connectivity index (χ4n) is 2.38. The van der Waals surface area contributed by atoms with Gasteiger partial charge in [-0.25, -0.2) is 4.98 Å². The highest BCUT2D eigenvalue weighted by Crippen LogP contribution is 2.34. The average molecular weight is 402 g/mol. The smallest absolute Gasteiger partial charge is 0.411 e. The number of hydrogen-bond donors (Lipinski definition) is 1. The van der Waals surface area contributed by atoms with Crippen LogP contribution in [0.3, 0.4) is 0 Å². The molecular weight excluding hydrogens is 385 g/mol. The summed E-state index contributed by atoms with van der Waals surface area (Å²) in [4.78, 5) is 17.2. The molecule has 0 radical (unpaired) electrons. The molecule has 1 aromatic carbocycles. The molecule has 1 aromatic heterocycles. The molecule has 1 atom stereocenters. The van der Waals surface area contributed by atoms with Crippen LogP contribution in [0.1, 0.15) is 23.1 Å². The van der Waals surface area contributed by atoms with Crippen molar-refractivity contribution in [1.82, 2.24) is 4.98 Å². The second-order valence-corrected chi connectivity index (χ2v) is 7.03. The van der Waals surface area contributed by atoms with Gasteiger partial charge in [-0.2, -0.15) is 13.2 Å². The van der Waals surface area contributed by atoms with E-state index in [-0.39, 0.29) is 6.79 Å². The minimum absolute atomic E-state index is 0.198. The molecule has 10 heteroatoms. The number of carbonyl (C=O) groups excluding carboxylic acids is 1. The van der Waals surface area contributed by atoms with Gasteiger partial charge >= 0.3 is 6.18 Å². The van der Waals surface area contributed by atoms with Gasteiger partial charge in [0.25, 0.3) is 5.91 Å². The van der Waals surface area contributed by atoms with Crippen molar-refractivity contribution in [3.63, 3.8) is 0 Å². The van der Waals surface area contributed by atoms with Crippen molar-refractivity contribution < 1.29 is 32.2 Å². The first-order valence-corrected chi connectivity index (χ1v) is 8.87. The lowest BCUT2D eigenvalue weighted by atomic mass is 10.1. The largest absolute Gasteiger partial charge is 0.454 e. The summed E-state index contributed by atoms with van der Waals surface area (Å²) in [6, 6.07) is 5.63. The summed E-state index contributed by atoms with van der Waals surface area (Å²) in [6.45, 7) is 1.78. The van der Waals surface area contributed by atoms with Gasteiger partial charge in [0.2, 0.25) is 6.79 Å². The quantitative estimate of drug-likeness (QED) is 0.798. The molecule has 2 aromatic rings. The van der Waals surface area contributed by atoms with Crippen LogP contribution >= 0.6 is 11.3 Å². The van der Waals surface area contributed by atoms with Crippen molar-refractivity contribution in [1.29, 1.82) is 0 Å². The molecule has 0 saturated carbocycles. The number of halogens is 3. The van der Waals surface area contributed by atoms with Crippen molar-refractivity contribution in [2.45, 2.75) is 32.5 Å². The second-order valence-electron chi connectivity index (χ2n) is 5.95. The Morgan fingerprint density at radius 3 is 2.85 bits per heavy atom. The zero-order valence-electron chi connectivity index (χ0n) is 14.6. The van der Waals surface area contributed by atoms with Gasteiger partial charge in [-0.15, -0.1) is 11.3 Å². The molecule has 1 unspecified atom stereocenters. The van der Waals surface area contributed by atoms with E-state index in [1.165, 1.54) is 18.3 Å². The first-order valence-electron chi connectivity index (χ1n) is 8.05. The average Bonchev–Trinajstić information content (AvgIpc) is 3.18. The Kier molecular flexibility index (Phi) is 5.56. The number of alkyl halides is 3. The molecule has 1 aliphatic rings. The first kappa shape index (κ1) is 19.4. The number of aryl methyl sites for hydroxylation is 1. The van der Waals surface area contributed by atoms with Crippen LogP contribution in [0.25, 0.3) is 0 Å². The number of carbonyl (C=O) groups is 1. The Hall–Kier alpha value is -2.33. The van der Waals surface area contributed by atoms with Crippen LogP contribution in [0, 0.1) is 6.92 Å². The lowest BCUT2D eigenvalue weighted by Gasteiger charge is -2.13. The van der Waals surface area contributed by atoms with Gasteiger partial charge < -0.3 is 14.2 Å². The van der Waals surface area contributed by atoms with Crippen molar-refractivity contribution >= 4 is 22.4 Å². The third kappa shape index (κ3) is 5.10. The van der Waals surface area contributed by atoms with Gasteiger partial charge in [-0.05, 0) is 31.5 Å². The standard InChI is InChI=1S/C17H17F3N2O4S/c1-9-14(6-11-3-4-12-13(5-11)26-8-25-12)27-16(21-9)22-15(23)10(2)24-7-17(18,19)20/h3-5,10H,6-8H2,1-2H3,(H,21,22,23).